The standard InChI is InChI=1S/C17H18BrNO4S/c1-12(2)23-17-15(18)9-13(10-16(17)22-3)11-19-24(20,21)14-7-5-4-6-8-14/h4-12H,1-3H3/b19-11-. The van der Waals surface area contributed by atoms with Crippen LogP contribution < -0.4 is 9.47 Å². The van der Waals surface area contributed by atoms with Crippen LogP contribution in [-0.2, 0) is 10.0 Å². The lowest BCUT2D eigenvalue weighted by molar-refractivity contribution is 0.228. The molecule has 5 nitrogen and oxygen atoms in total. The maximum atomic E-state index is 12.2. The molecule has 0 radical (unpaired) electrons. The van der Waals surface area contributed by atoms with E-state index in [0.29, 0.717) is 21.5 Å². The molecule has 0 saturated heterocycles. The lowest BCUT2D eigenvalue weighted by Crippen LogP contribution is -2.07. The molecule has 0 aromatic heterocycles. The summed E-state index contributed by atoms with van der Waals surface area (Å²) in [5.41, 5.74) is 0.578. The van der Waals surface area contributed by atoms with E-state index in [1.54, 1.807) is 30.3 Å². The highest BCUT2D eigenvalue weighted by Gasteiger charge is 2.14. The van der Waals surface area contributed by atoms with Crippen LogP contribution in [0.2, 0.25) is 0 Å². The summed E-state index contributed by atoms with van der Waals surface area (Å²) in [5, 5.41) is 0. The maximum absolute atomic E-state index is 12.2. The predicted molar refractivity (Wildman–Crippen MR) is 97.7 cm³/mol. The van der Waals surface area contributed by atoms with Crippen molar-refractivity contribution in [3.05, 3.63) is 52.5 Å². The monoisotopic (exact) mass is 411 g/mol. The van der Waals surface area contributed by atoms with Crippen LogP contribution in [0.25, 0.3) is 0 Å². The van der Waals surface area contributed by atoms with Crippen LogP contribution in [0.1, 0.15) is 19.4 Å². The van der Waals surface area contributed by atoms with E-state index in [4.69, 9.17) is 9.47 Å². The minimum Gasteiger partial charge on any atom is -0.493 e. The molecule has 0 aliphatic heterocycles. The normalized spacial score (nSPS) is 11.9. The lowest BCUT2D eigenvalue weighted by atomic mass is 10.2. The van der Waals surface area contributed by atoms with Gasteiger partial charge in [0.1, 0.15) is 0 Å². The van der Waals surface area contributed by atoms with Crippen LogP contribution in [0.5, 0.6) is 11.5 Å². The van der Waals surface area contributed by atoms with Gasteiger partial charge in [0.25, 0.3) is 10.0 Å². The number of hydrogen-bond donors (Lipinski definition) is 0. The van der Waals surface area contributed by atoms with Gasteiger partial charge in [0.05, 0.1) is 22.6 Å². The molecule has 128 valence electrons. The summed E-state index contributed by atoms with van der Waals surface area (Å²) in [7, 11) is -2.21. The zero-order valence-corrected chi connectivity index (χ0v) is 16.0. The Morgan fingerprint density at radius 1 is 1.17 bits per heavy atom. The Hall–Kier alpha value is -1.86. The highest BCUT2D eigenvalue weighted by atomic mass is 79.9. The number of ether oxygens (including phenoxy) is 2. The Morgan fingerprint density at radius 3 is 2.42 bits per heavy atom. The van der Waals surface area contributed by atoms with Crippen LogP contribution in [-0.4, -0.2) is 27.8 Å². The van der Waals surface area contributed by atoms with Crippen LogP contribution in [0.4, 0.5) is 0 Å². The second-order valence-electron chi connectivity index (χ2n) is 5.22. The lowest BCUT2D eigenvalue weighted by Gasteiger charge is -2.15. The molecule has 0 spiro atoms. The second-order valence-corrected chi connectivity index (χ2v) is 7.71. The summed E-state index contributed by atoms with van der Waals surface area (Å²) in [6.07, 6.45) is 1.27. The first-order valence-corrected chi connectivity index (χ1v) is 9.46. The Morgan fingerprint density at radius 2 is 1.83 bits per heavy atom. The third-order valence-electron chi connectivity index (χ3n) is 2.99. The summed E-state index contributed by atoms with van der Waals surface area (Å²) in [5.74, 6) is 1.06. The molecule has 0 atom stereocenters. The molecule has 0 heterocycles. The molecule has 7 heteroatoms. The quantitative estimate of drug-likeness (QED) is 0.672. The van der Waals surface area contributed by atoms with Gasteiger partial charge in [-0.05, 0) is 59.6 Å². The highest BCUT2D eigenvalue weighted by molar-refractivity contribution is 9.10. The van der Waals surface area contributed by atoms with Crippen LogP contribution in [0, 0.1) is 0 Å². The molecular weight excluding hydrogens is 394 g/mol. The van der Waals surface area contributed by atoms with Crippen molar-refractivity contribution in [2.75, 3.05) is 7.11 Å². The van der Waals surface area contributed by atoms with Crippen molar-refractivity contribution >= 4 is 32.2 Å². The summed E-state index contributed by atoms with van der Waals surface area (Å²) >= 11 is 3.42. The van der Waals surface area contributed by atoms with E-state index in [-0.39, 0.29) is 11.0 Å². The average Bonchev–Trinajstić information content (AvgIpc) is 2.55. The first-order chi connectivity index (χ1) is 11.3. The van der Waals surface area contributed by atoms with Crippen molar-refractivity contribution in [2.24, 2.45) is 4.40 Å². The molecule has 0 N–H and O–H groups in total. The Balaban J connectivity index is 2.35. The van der Waals surface area contributed by atoms with E-state index in [1.807, 2.05) is 13.8 Å². The van der Waals surface area contributed by atoms with E-state index in [9.17, 15) is 8.42 Å². The van der Waals surface area contributed by atoms with Crippen molar-refractivity contribution in [3.8, 4) is 11.5 Å². The Bertz CT molecular complexity index is 833. The number of benzene rings is 2. The molecule has 0 aliphatic rings. The van der Waals surface area contributed by atoms with E-state index >= 15 is 0 Å². The number of rotatable bonds is 6. The van der Waals surface area contributed by atoms with Gasteiger partial charge >= 0.3 is 0 Å². The van der Waals surface area contributed by atoms with Crippen molar-refractivity contribution in [1.29, 1.82) is 0 Å². The number of sulfonamides is 1. The zero-order valence-electron chi connectivity index (χ0n) is 13.6. The Labute approximate surface area is 150 Å². The molecule has 0 bridgehead atoms. The largest absolute Gasteiger partial charge is 0.493 e. The SMILES string of the molecule is COc1cc(/C=N\S(=O)(=O)c2ccccc2)cc(Br)c1OC(C)C. The van der Waals surface area contributed by atoms with E-state index in [1.165, 1.54) is 25.5 Å². The number of hydrogen-bond acceptors (Lipinski definition) is 4. The highest BCUT2D eigenvalue weighted by Crippen LogP contribution is 2.37. The van der Waals surface area contributed by atoms with E-state index < -0.39 is 10.0 Å². The van der Waals surface area contributed by atoms with Gasteiger partial charge in [-0.25, -0.2) is 0 Å². The summed E-state index contributed by atoms with van der Waals surface area (Å²) < 4.78 is 39.8. The van der Waals surface area contributed by atoms with Gasteiger partial charge in [-0.1, -0.05) is 18.2 Å². The smallest absolute Gasteiger partial charge is 0.282 e. The van der Waals surface area contributed by atoms with E-state index in [2.05, 4.69) is 20.3 Å². The Kier molecular flexibility index (Phi) is 6.01. The van der Waals surface area contributed by atoms with Crippen molar-refractivity contribution in [2.45, 2.75) is 24.8 Å². The summed E-state index contributed by atoms with van der Waals surface area (Å²) in [6, 6.07) is 11.5. The first kappa shape index (κ1) is 18.5. The molecule has 0 saturated carbocycles. The van der Waals surface area contributed by atoms with Crippen LogP contribution in [0.3, 0.4) is 0 Å². The summed E-state index contributed by atoms with van der Waals surface area (Å²) in [4.78, 5) is 0.145. The predicted octanol–water partition coefficient (Wildman–Crippen LogP) is 4.05. The summed E-state index contributed by atoms with van der Waals surface area (Å²) in [6.45, 7) is 3.82. The molecule has 2 aromatic rings. The van der Waals surface area contributed by atoms with Crippen molar-refractivity contribution in [3.63, 3.8) is 0 Å². The van der Waals surface area contributed by atoms with Gasteiger partial charge in [0, 0.05) is 6.21 Å². The topological polar surface area (TPSA) is 65.0 Å². The number of halogens is 1. The van der Waals surface area contributed by atoms with Gasteiger partial charge in [0.2, 0.25) is 0 Å². The zero-order chi connectivity index (χ0) is 17.7. The van der Waals surface area contributed by atoms with Crippen LogP contribution >= 0.6 is 15.9 Å². The molecular formula is C17H18BrNO4S. The minimum atomic E-state index is -3.74. The molecule has 2 rings (SSSR count). The molecule has 0 amide bonds. The fourth-order valence-corrected chi connectivity index (χ4v) is 3.38. The van der Waals surface area contributed by atoms with Crippen molar-refractivity contribution in [1.82, 2.24) is 0 Å². The van der Waals surface area contributed by atoms with Gasteiger partial charge in [-0.3, -0.25) is 0 Å². The third-order valence-corrected chi connectivity index (χ3v) is 4.83. The molecule has 0 fully saturated rings. The number of methoxy groups -OCH3 is 1. The number of nitrogens with zero attached hydrogens (tertiary/aromatic N) is 1. The molecule has 0 unspecified atom stereocenters. The molecule has 0 aliphatic carbocycles. The van der Waals surface area contributed by atoms with E-state index in [0.717, 1.165) is 0 Å². The third kappa shape index (κ3) is 4.58. The fraction of sp³-hybridized carbons (Fsp3) is 0.235. The molecule has 24 heavy (non-hydrogen) atoms. The van der Waals surface area contributed by atoms with Crippen molar-refractivity contribution < 1.29 is 17.9 Å². The van der Waals surface area contributed by atoms with Gasteiger partial charge in [-0.15, -0.1) is 0 Å². The maximum Gasteiger partial charge on any atom is 0.282 e. The van der Waals surface area contributed by atoms with Gasteiger partial charge in [0.15, 0.2) is 11.5 Å². The second kappa shape index (κ2) is 7.81. The van der Waals surface area contributed by atoms with Gasteiger partial charge in [-0.2, -0.15) is 12.8 Å². The average molecular weight is 412 g/mol. The first-order valence-electron chi connectivity index (χ1n) is 7.23. The molecule has 2 aromatic carbocycles. The van der Waals surface area contributed by atoms with Crippen LogP contribution in [0.15, 0.2) is 56.2 Å². The van der Waals surface area contributed by atoms with Gasteiger partial charge < -0.3 is 9.47 Å². The fourth-order valence-electron chi connectivity index (χ4n) is 1.95. The minimum absolute atomic E-state index is 0.0202.